The molecule has 1 N–H and O–H groups in total. The summed E-state index contributed by atoms with van der Waals surface area (Å²) in [4.78, 5) is 8.98. The normalized spacial score (nSPS) is 15.4. The zero-order chi connectivity index (χ0) is 17.0. The van der Waals surface area contributed by atoms with Gasteiger partial charge in [0, 0.05) is 43.8 Å². The summed E-state index contributed by atoms with van der Waals surface area (Å²) in [5.41, 5.74) is 1.71. The highest BCUT2D eigenvalue weighted by molar-refractivity contribution is 7.92. The second kappa shape index (κ2) is 7.09. The summed E-state index contributed by atoms with van der Waals surface area (Å²) in [6.45, 7) is 5.29. The molecule has 2 heterocycles. The van der Waals surface area contributed by atoms with Crippen molar-refractivity contribution in [3.63, 3.8) is 0 Å². The Kier molecular flexibility index (Phi) is 4.89. The second-order valence-corrected chi connectivity index (χ2v) is 7.73. The van der Waals surface area contributed by atoms with Gasteiger partial charge < -0.3 is 9.80 Å². The van der Waals surface area contributed by atoms with Crippen LogP contribution in [0.3, 0.4) is 0 Å². The Morgan fingerprint density at radius 1 is 1.00 bits per heavy atom. The molecule has 2 aromatic rings. The summed E-state index contributed by atoms with van der Waals surface area (Å²) in [6.07, 6.45) is 1.82. The van der Waals surface area contributed by atoms with E-state index in [0.717, 1.165) is 37.7 Å². The fourth-order valence-corrected chi connectivity index (χ4v) is 3.37. The van der Waals surface area contributed by atoms with Crippen LogP contribution >= 0.6 is 0 Å². The zero-order valence-corrected chi connectivity index (χ0v) is 14.5. The fraction of sp³-hybridized carbons (Fsp3) is 0.353. The minimum Gasteiger partial charge on any atom is -0.368 e. The van der Waals surface area contributed by atoms with Crippen molar-refractivity contribution >= 4 is 27.2 Å². The van der Waals surface area contributed by atoms with E-state index in [4.69, 9.17) is 0 Å². The van der Waals surface area contributed by atoms with E-state index in [1.165, 1.54) is 0 Å². The lowest BCUT2D eigenvalue weighted by Crippen LogP contribution is -2.46. The maximum Gasteiger partial charge on any atom is 0.232 e. The highest BCUT2D eigenvalue weighted by atomic mass is 32.2. The Morgan fingerprint density at radius 3 is 2.25 bits per heavy atom. The average Bonchev–Trinajstić information content (AvgIpc) is 2.63. The van der Waals surface area contributed by atoms with Crippen LogP contribution in [-0.4, -0.2) is 45.3 Å². The Hall–Kier alpha value is -2.28. The molecule has 24 heavy (non-hydrogen) atoms. The number of sulfonamides is 1. The fourth-order valence-electron chi connectivity index (χ4n) is 2.73. The summed E-state index contributed by atoms with van der Waals surface area (Å²) in [5, 5.41) is 0. The molecular weight excluding hydrogens is 324 g/mol. The molecule has 0 spiro atoms. The largest absolute Gasteiger partial charge is 0.368 e. The molecule has 128 valence electrons. The number of aromatic nitrogens is 1. The number of piperazine rings is 1. The van der Waals surface area contributed by atoms with Crippen molar-refractivity contribution < 1.29 is 8.42 Å². The van der Waals surface area contributed by atoms with Crippen molar-refractivity contribution in [2.24, 2.45) is 0 Å². The molecule has 0 unspecified atom stereocenters. The van der Waals surface area contributed by atoms with E-state index in [2.05, 4.69) is 19.5 Å². The molecule has 0 amide bonds. The molecule has 1 aliphatic rings. The average molecular weight is 346 g/mol. The van der Waals surface area contributed by atoms with Crippen molar-refractivity contribution in [1.82, 2.24) is 4.98 Å². The number of hydrogen-bond donors (Lipinski definition) is 1. The molecule has 1 aromatic heterocycles. The van der Waals surface area contributed by atoms with Crippen LogP contribution < -0.4 is 14.5 Å². The third-order valence-electron chi connectivity index (χ3n) is 4.14. The van der Waals surface area contributed by atoms with Gasteiger partial charge in [0.1, 0.15) is 5.82 Å². The van der Waals surface area contributed by atoms with Gasteiger partial charge in [0.25, 0.3) is 0 Å². The van der Waals surface area contributed by atoms with Crippen LogP contribution in [0.5, 0.6) is 0 Å². The summed E-state index contributed by atoms with van der Waals surface area (Å²) in [7, 11) is -3.23. The van der Waals surface area contributed by atoms with Gasteiger partial charge in [-0.3, -0.25) is 4.72 Å². The lowest BCUT2D eigenvalue weighted by Gasteiger charge is -2.36. The van der Waals surface area contributed by atoms with Crippen LogP contribution in [0.2, 0.25) is 0 Å². The van der Waals surface area contributed by atoms with Gasteiger partial charge in [-0.15, -0.1) is 0 Å². The quantitative estimate of drug-likeness (QED) is 0.899. The highest BCUT2D eigenvalue weighted by Gasteiger charge is 2.18. The van der Waals surface area contributed by atoms with Gasteiger partial charge in [-0.25, -0.2) is 13.4 Å². The standard InChI is InChI=1S/C17H22N4O2S/c1-2-24(22,23)19-15-6-8-16(9-7-15)20-11-13-21(14-12-20)17-5-3-4-10-18-17/h3-10,19H,2,11-14H2,1H3. The molecule has 0 radical (unpaired) electrons. The molecular formula is C17H22N4O2S. The van der Waals surface area contributed by atoms with Gasteiger partial charge in [0.05, 0.1) is 5.75 Å². The van der Waals surface area contributed by atoms with Crippen LogP contribution in [0.1, 0.15) is 6.92 Å². The van der Waals surface area contributed by atoms with Crippen molar-refractivity contribution in [3.8, 4) is 0 Å². The first kappa shape index (κ1) is 16.6. The summed E-state index contributed by atoms with van der Waals surface area (Å²) in [6, 6.07) is 13.5. The van der Waals surface area contributed by atoms with Crippen LogP contribution in [-0.2, 0) is 10.0 Å². The molecule has 6 nitrogen and oxygen atoms in total. The van der Waals surface area contributed by atoms with Crippen LogP contribution in [0.25, 0.3) is 0 Å². The van der Waals surface area contributed by atoms with Crippen molar-refractivity contribution in [2.45, 2.75) is 6.92 Å². The number of anilines is 3. The molecule has 0 bridgehead atoms. The predicted octanol–water partition coefficient (Wildman–Crippen LogP) is 2.17. The van der Waals surface area contributed by atoms with Gasteiger partial charge in [-0.1, -0.05) is 6.07 Å². The number of nitrogens with zero attached hydrogens (tertiary/aromatic N) is 3. The number of nitrogens with one attached hydrogen (secondary N) is 1. The number of benzene rings is 1. The molecule has 0 atom stereocenters. The molecule has 1 saturated heterocycles. The lowest BCUT2D eigenvalue weighted by molar-refractivity contribution is 0.602. The van der Waals surface area contributed by atoms with E-state index < -0.39 is 10.0 Å². The minimum absolute atomic E-state index is 0.0736. The van der Waals surface area contributed by atoms with Gasteiger partial charge in [0.2, 0.25) is 10.0 Å². The Bertz CT molecular complexity index is 755. The molecule has 7 heteroatoms. The zero-order valence-electron chi connectivity index (χ0n) is 13.7. The summed E-state index contributed by atoms with van der Waals surface area (Å²) >= 11 is 0. The first-order chi connectivity index (χ1) is 11.6. The molecule has 1 fully saturated rings. The lowest BCUT2D eigenvalue weighted by atomic mass is 10.2. The van der Waals surface area contributed by atoms with Gasteiger partial charge in [0.15, 0.2) is 0 Å². The molecule has 1 aliphatic heterocycles. The Balaban J connectivity index is 1.60. The van der Waals surface area contributed by atoms with Crippen molar-refractivity contribution in [2.75, 3.05) is 46.5 Å². The van der Waals surface area contributed by atoms with Gasteiger partial charge in [-0.05, 0) is 43.3 Å². The maximum absolute atomic E-state index is 11.6. The number of rotatable bonds is 5. The van der Waals surface area contributed by atoms with Crippen molar-refractivity contribution in [3.05, 3.63) is 48.7 Å². The predicted molar refractivity (Wildman–Crippen MR) is 98.2 cm³/mol. The molecule has 1 aromatic carbocycles. The third-order valence-corrected chi connectivity index (χ3v) is 5.45. The summed E-state index contributed by atoms with van der Waals surface area (Å²) in [5.74, 6) is 1.09. The Morgan fingerprint density at radius 2 is 1.67 bits per heavy atom. The summed E-state index contributed by atoms with van der Waals surface area (Å²) < 4.78 is 25.8. The van der Waals surface area contributed by atoms with E-state index in [1.54, 1.807) is 6.92 Å². The smallest absolute Gasteiger partial charge is 0.232 e. The third kappa shape index (κ3) is 3.97. The molecule has 0 saturated carbocycles. The van der Waals surface area contributed by atoms with Crippen LogP contribution in [0, 0.1) is 0 Å². The SMILES string of the molecule is CCS(=O)(=O)Nc1ccc(N2CCN(c3ccccn3)CC2)cc1. The highest BCUT2D eigenvalue weighted by Crippen LogP contribution is 2.21. The van der Waals surface area contributed by atoms with E-state index in [9.17, 15) is 8.42 Å². The van der Waals surface area contributed by atoms with Crippen LogP contribution in [0.15, 0.2) is 48.7 Å². The van der Waals surface area contributed by atoms with E-state index in [-0.39, 0.29) is 5.75 Å². The molecule has 0 aliphatic carbocycles. The Labute approximate surface area is 143 Å². The van der Waals surface area contributed by atoms with Crippen LogP contribution in [0.4, 0.5) is 17.2 Å². The number of hydrogen-bond acceptors (Lipinski definition) is 5. The second-order valence-electron chi connectivity index (χ2n) is 5.71. The first-order valence-corrected chi connectivity index (χ1v) is 9.74. The minimum atomic E-state index is -3.23. The van der Waals surface area contributed by atoms with Crippen molar-refractivity contribution in [1.29, 1.82) is 0 Å². The van der Waals surface area contributed by atoms with E-state index in [1.807, 2.05) is 48.7 Å². The topological polar surface area (TPSA) is 65.5 Å². The molecule has 3 rings (SSSR count). The maximum atomic E-state index is 11.6. The monoisotopic (exact) mass is 346 g/mol. The van der Waals surface area contributed by atoms with E-state index in [0.29, 0.717) is 5.69 Å². The van der Waals surface area contributed by atoms with Gasteiger partial charge >= 0.3 is 0 Å². The number of pyridine rings is 1. The van der Waals surface area contributed by atoms with Gasteiger partial charge in [-0.2, -0.15) is 0 Å². The van der Waals surface area contributed by atoms with E-state index >= 15 is 0 Å². The first-order valence-electron chi connectivity index (χ1n) is 8.09.